The van der Waals surface area contributed by atoms with Crippen molar-refractivity contribution in [3.05, 3.63) is 30.2 Å². The van der Waals surface area contributed by atoms with E-state index in [4.69, 9.17) is 0 Å². The zero-order valence-corrected chi connectivity index (χ0v) is 13.2. The second-order valence-corrected chi connectivity index (χ2v) is 5.27. The Kier molecular flexibility index (Phi) is 4.04. The maximum atomic E-state index is 4.51. The van der Waals surface area contributed by atoms with E-state index in [1.165, 1.54) is 0 Å². The van der Waals surface area contributed by atoms with Gasteiger partial charge in [0.1, 0.15) is 23.2 Å². The van der Waals surface area contributed by atoms with Crippen LogP contribution in [0.1, 0.15) is 24.9 Å². The number of hydrogen-bond donors (Lipinski definition) is 1. The molecule has 7 heteroatoms. The molecule has 0 saturated heterocycles. The lowest BCUT2D eigenvalue weighted by atomic mass is 10.3. The van der Waals surface area contributed by atoms with E-state index in [2.05, 4.69) is 36.9 Å². The third kappa shape index (κ3) is 2.66. The Labute approximate surface area is 129 Å². The summed E-state index contributed by atoms with van der Waals surface area (Å²) in [5.74, 6) is 1.90. The zero-order valence-electron chi connectivity index (χ0n) is 13.2. The number of rotatable bonds is 6. The van der Waals surface area contributed by atoms with Gasteiger partial charge in [-0.25, -0.2) is 15.0 Å². The van der Waals surface area contributed by atoms with Crippen molar-refractivity contribution in [2.75, 3.05) is 11.9 Å². The number of nitrogens with one attached hydrogen (secondary N) is 1. The number of anilines is 1. The lowest BCUT2D eigenvalue weighted by molar-refractivity contribution is 0.641. The molecule has 3 rings (SSSR count). The van der Waals surface area contributed by atoms with E-state index in [9.17, 15) is 0 Å². The third-order valence-electron chi connectivity index (χ3n) is 3.79. The summed E-state index contributed by atoms with van der Waals surface area (Å²) in [5, 5.41) is 7.92. The smallest absolute Gasteiger partial charge is 0.155 e. The predicted octanol–water partition coefficient (Wildman–Crippen LogP) is 2.16. The van der Waals surface area contributed by atoms with Crippen molar-refractivity contribution in [1.29, 1.82) is 0 Å². The monoisotopic (exact) mass is 299 g/mol. The lowest BCUT2D eigenvalue weighted by Crippen LogP contribution is -2.10. The highest BCUT2D eigenvalue weighted by molar-refractivity contribution is 5.87. The molecule has 3 aromatic heterocycles. The molecule has 0 aliphatic rings. The van der Waals surface area contributed by atoms with Gasteiger partial charge in [-0.1, -0.05) is 0 Å². The van der Waals surface area contributed by atoms with E-state index in [-0.39, 0.29) is 0 Å². The number of aromatic nitrogens is 6. The quantitative estimate of drug-likeness (QED) is 0.706. The summed E-state index contributed by atoms with van der Waals surface area (Å²) in [6.07, 6.45) is 6.44. The van der Waals surface area contributed by atoms with E-state index >= 15 is 0 Å². The van der Waals surface area contributed by atoms with Gasteiger partial charge in [-0.3, -0.25) is 4.68 Å². The Hall–Kier alpha value is -2.44. The highest BCUT2D eigenvalue weighted by atomic mass is 15.3. The van der Waals surface area contributed by atoms with Crippen molar-refractivity contribution in [1.82, 2.24) is 29.3 Å². The fourth-order valence-electron chi connectivity index (χ4n) is 2.62. The number of aryl methyl sites for hydroxylation is 4. The summed E-state index contributed by atoms with van der Waals surface area (Å²) < 4.78 is 4.10. The van der Waals surface area contributed by atoms with Crippen LogP contribution in [-0.2, 0) is 13.1 Å². The molecule has 0 unspecified atom stereocenters. The zero-order chi connectivity index (χ0) is 15.5. The van der Waals surface area contributed by atoms with Gasteiger partial charge in [0.05, 0.1) is 5.69 Å². The standard InChI is InChI=1S/C15H21N7/c1-4-22-14-13(11(2)20-22)18-10-19-15(14)17-6-5-8-21-9-7-16-12(21)3/h7,9-10H,4-6,8H2,1-3H3,(H,17,18,19). The average molecular weight is 299 g/mol. The van der Waals surface area contributed by atoms with E-state index in [1.807, 2.05) is 30.9 Å². The molecule has 3 heterocycles. The fourth-order valence-corrected chi connectivity index (χ4v) is 2.62. The van der Waals surface area contributed by atoms with E-state index in [0.717, 1.165) is 54.4 Å². The summed E-state index contributed by atoms with van der Waals surface area (Å²) in [7, 11) is 0. The molecule has 0 atom stereocenters. The van der Waals surface area contributed by atoms with Gasteiger partial charge < -0.3 is 9.88 Å². The molecule has 0 aliphatic carbocycles. The van der Waals surface area contributed by atoms with Crippen LogP contribution in [0.2, 0.25) is 0 Å². The molecule has 0 amide bonds. The Balaban J connectivity index is 1.70. The van der Waals surface area contributed by atoms with Crippen LogP contribution in [0.15, 0.2) is 18.7 Å². The van der Waals surface area contributed by atoms with E-state index in [0.29, 0.717) is 0 Å². The van der Waals surface area contributed by atoms with Crippen LogP contribution in [0.5, 0.6) is 0 Å². The minimum Gasteiger partial charge on any atom is -0.368 e. The minimum atomic E-state index is 0.806. The molecule has 0 saturated carbocycles. The molecule has 0 radical (unpaired) electrons. The Morgan fingerprint density at radius 2 is 2.05 bits per heavy atom. The first-order chi connectivity index (χ1) is 10.7. The number of nitrogens with zero attached hydrogens (tertiary/aromatic N) is 6. The van der Waals surface area contributed by atoms with Gasteiger partial charge >= 0.3 is 0 Å². The molecule has 116 valence electrons. The first-order valence-corrected chi connectivity index (χ1v) is 7.60. The van der Waals surface area contributed by atoms with Crippen LogP contribution in [0.25, 0.3) is 11.0 Å². The van der Waals surface area contributed by atoms with Crippen molar-refractivity contribution >= 4 is 16.9 Å². The van der Waals surface area contributed by atoms with Crippen molar-refractivity contribution in [3.63, 3.8) is 0 Å². The van der Waals surface area contributed by atoms with Gasteiger partial charge in [0.15, 0.2) is 5.82 Å². The molecular weight excluding hydrogens is 278 g/mol. The summed E-state index contributed by atoms with van der Waals surface area (Å²) >= 11 is 0. The van der Waals surface area contributed by atoms with Gasteiger partial charge in [-0.15, -0.1) is 0 Å². The largest absolute Gasteiger partial charge is 0.368 e. The molecule has 0 fully saturated rings. The van der Waals surface area contributed by atoms with Crippen LogP contribution < -0.4 is 5.32 Å². The molecule has 0 aromatic carbocycles. The summed E-state index contributed by atoms with van der Waals surface area (Å²) in [6, 6.07) is 0. The molecule has 0 aliphatic heterocycles. The molecule has 1 N–H and O–H groups in total. The van der Waals surface area contributed by atoms with Gasteiger partial charge in [-0.2, -0.15) is 5.10 Å². The van der Waals surface area contributed by atoms with Crippen LogP contribution in [0.4, 0.5) is 5.82 Å². The minimum absolute atomic E-state index is 0.806. The van der Waals surface area contributed by atoms with Gasteiger partial charge in [0.2, 0.25) is 0 Å². The lowest BCUT2D eigenvalue weighted by Gasteiger charge is -2.09. The number of hydrogen-bond acceptors (Lipinski definition) is 5. The second kappa shape index (κ2) is 6.13. The maximum absolute atomic E-state index is 4.51. The van der Waals surface area contributed by atoms with E-state index < -0.39 is 0 Å². The van der Waals surface area contributed by atoms with Crippen molar-refractivity contribution < 1.29 is 0 Å². The van der Waals surface area contributed by atoms with Crippen LogP contribution >= 0.6 is 0 Å². The topological polar surface area (TPSA) is 73.5 Å². The molecule has 22 heavy (non-hydrogen) atoms. The Morgan fingerprint density at radius 3 is 2.77 bits per heavy atom. The summed E-state index contributed by atoms with van der Waals surface area (Å²) in [6.45, 7) is 8.67. The number of fused-ring (bicyclic) bond motifs is 1. The van der Waals surface area contributed by atoms with Crippen molar-refractivity contribution in [2.45, 2.75) is 40.3 Å². The van der Waals surface area contributed by atoms with E-state index in [1.54, 1.807) is 6.33 Å². The van der Waals surface area contributed by atoms with Gasteiger partial charge in [-0.05, 0) is 27.2 Å². The van der Waals surface area contributed by atoms with Crippen LogP contribution in [0.3, 0.4) is 0 Å². The van der Waals surface area contributed by atoms with Crippen molar-refractivity contribution in [3.8, 4) is 0 Å². The average Bonchev–Trinajstić information content (AvgIpc) is 3.08. The normalized spacial score (nSPS) is 11.2. The van der Waals surface area contributed by atoms with Gasteiger partial charge in [0.25, 0.3) is 0 Å². The fraction of sp³-hybridized carbons (Fsp3) is 0.467. The third-order valence-corrected chi connectivity index (χ3v) is 3.79. The summed E-state index contributed by atoms with van der Waals surface area (Å²) in [5.41, 5.74) is 2.85. The second-order valence-electron chi connectivity index (χ2n) is 5.27. The van der Waals surface area contributed by atoms with Gasteiger partial charge in [0, 0.05) is 32.0 Å². The Bertz CT molecular complexity index is 771. The molecule has 3 aromatic rings. The molecule has 0 spiro atoms. The Morgan fingerprint density at radius 1 is 1.18 bits per heavy atom. The molecular formula is C15H21N7. The van der Waals surface area contributed by atoms with Crippen molar-refractivity contribution in [2.24, 2.45) is 0 Å². The molecule has 7 nitrogen and oxygen atoms in total. The first-order valence-electron chi connectivity index (χ1n) is 7.60. The number of imidazole rings is 1. The van der Waals surface area contributed by atoms with Crippen LogP contribution in [-0.4, -0.2) is 35.8 Å². The maximum Gasteiger partial charge on any atom is 0.155 e. The highest BCUT2D eigenvalue weighted by Gasteiger charge is 2.12. The van der Waals surface area contributed by atoms with Crippen LogP contribution in [0, 0.1) is 13.8 Å². The SMILES string of the molecule is CCn1nc(C)c2ncnc(NCCCn3ccnc3C)c21. The predicted molar refractivity (Wildman–Crippen MR) is 85.8 cm³/mol. The highest BCUT2D eigenvalue weighted by Crippen LogP contribution is 2.21. The summed E-state index contributed by atoms with van der Waals surface area (Å²) in [4.78, 5) is 13.0. The first kappa shape index (κ1) is 14.5. The molecule has 0 bridgehead atoms.